The number of rotatable bonds is 6. The molecule has 0 bridgehead atoms. The van der Waals surface area contributed by atoms with Crippen molar-refractivity contribution in [2.45, 2.75) is 84.1 Å². The van der Waals surface area contributed by atoms with Crippen LogP contribution in [0.15, 0.2) is 12.3 Å². The number of halogens is 1. The molecule has 3 heterocycles. The van der Waals surface area contributed by atoms with E-state index in [1.165, 1.54) is 37.9 Å². The number of nitrogens with zero attached hydrogens (tertiary/aromatic N) is 3. The molecule has 2 aromatic heterocycles. The first-order chi connectivity index (χ1) is 15.0. The van der Waals surface area contributed by atoms with Crippen molar-refractivity contribution in [3.63, 3.8) is 0 Å². The third-order valence-electron chi connectivity index (χ3n) is 6.90. The minimum absolute atomic E-state index is 0.169. The third-order valence-corrected chi connectivity index (χ3v) is 6.90. The second-order valence-corrected chi connectivity index (χ2v) is 8.99. The zero-order chi connectivity index (χ0) is 22.1. The Labute approximate surface area is 183 Å². The largest absolute Gasteiger partial charge is 0.478 e. The van der Waals surface area contributed by atoms with Crippen LogP contribution in [0.2, 0.25) is 0 Å². The van der Waals surface area contributed by atoms with Gasteiger partial charge in [-0.15, -0.1) is 0 Å². The highest BCUT2D eigenvalue weighted by molar-refractivity contribution is 6.04. The van der Waals surface area contributed by atoms with E-state index < -0.39 is 11.8 Å². The standard InChI is InChI=1S/C22H28FN3O3.C2H6/c1-13-20(22(27)28)19-8-15(23)9-24-21(19)26(13)10-14-2-4-16(5-3-14)25-11-18(12-25)29-17-6-7-17;1-2/h8-9,14,16-18H,2-7,10-12H2,1H3,(H,27,28);1-2H3. The lowest BCUT2D eigenvalue weighted by Crippen LogP contribution is -2.57. The Morgan fingerprint density at radius 1 is 1.16 bits per heavy atom. The van der Waals surface area contributed by atoms with E-state index in [9.17, 15) is 14.3 Å². The molecule has 3 fully saturated rings. The molecule has 1 aliphatic heterocycles. The van der Waals surface area contributed by atoms with Crippen LogP contribution < -0.4 is 0 Å². The summed E-state index contributed by atoms with van der Waals surface area (Å²) >= 11 is 0. The second-order valence-electron chi connectivity index (χ2n) is 8.99. The van der Waals surface area contributed by atoms with Gasteiger partial charge < -0.3 is 14.4 Å². The lowest BCUT2D eigenvalue weighted by atomic mass is 9.84. The van der Waals surface area contributed by atoms with Gasteiger partial charge in [0.2, 0.25) is 0 Å². The molecule has 2 saturated carbocycles. The summed E-state index contributed by atoms with van der Waals surface area (Å²) in [7, 11) is 0. The molecule has 2 aromatic rings. The molecule has 0 atom stereocenters. The average molecular weight is 432 g/mol. The topological polar surface area (TPSA) is 67.6 Å². The number of carboxylic acid groups (broad SMARTS) is 1. The van der Waals surface area contributed by atoms with Crippen molar-refractivity contribution in [3.05, 3.63) is 29.3 Å². The molecule has 0 spiro atoms. The number of hydrogen-bond acceptors (Lipinski definition) is 4. The molecule has 1 saturated heterocycles. The van der Waals surface area contributed by atoms with Crippen molar-refractivity contribution in [2.75, 3.05) is 13.1 Å². The second kappa shape index (κ2) is 9.25. The summed E-state index contributed by atoms with van der Waals surface area (Å²) in [5.41, 5.74) is 1.41. The minimum Gasteiger partial charge on any atom is -0.478 e. The van der Waals surface area contributed by atoms with Gasteiger partial charge in [0, 0.05) is 36.8 Å². The smallest absolute Gasteiger partial charge is 0.338 e. The molecule has 1 N–H and O–H groups in total. The van der Waals surface area contributed by atoms with Crippen LogP contribution in [0, 0.1) is 18.7 Å². The monoisotopic (exact) mass is 431 g/mol. The van der Waals surface area contributed by atoms with Crippen LogP contribution in [0.5, 0.6) is 0 Å². The molecular formula is C24H34FN3O3. The molecule has 0 amide bonds. The fraction of sp³-hybridized carbons (Fsp3) is 0.667. The van der Waals surface area contributed by atoms with Crippen molar-refractivity contribution in [3.8, 4) is 0 Å². The molecule has 2 aliphatic carbocycles. The van der Waals surface area contributed by atoms with Crippen LogP contribution in [0.1, 0.15) is 68.4 Å². The van der Waals surface area contributed by atoms with Crippen molar-refractivity contribution in [2.24, 2.45) is 5.92 Å². The number of likely N-dealkylation sites (tertiary alicyclic amines) is 1. The maximum Gasteiger partial charge on any atom is 0.338 e. The Bertz CT molecular complexity index is 926. The summed E-state index contributed by atoms with van der Waals surface area (Å²) in [5.74, 6) is -1.03. The molecule has 0 aromatic carbocycles. The zero-order valence-electron chi connectivity index (χ0n) is 18.8. The Morgan fingerprint density at radius 3 is 2.45 bits per heavy atom. The summed E-state index contributed by atoms with van der Waals surface area (Å²) in [5, 5.41) is 10.00. The van der Waals surface area contributed by atoms with E-state index in [0.717, 1.165) is 32.5 Å². The zero-order valence-corrected chi connectivity index (χ0v) is 18.8. The highest BCUT2D eigenvalue weighted by Gasteiger charge is 2.38. The number of hydrogen-bond donors (Lipinski definition) is 1. The summed E-state index contributed by atoms with van der Waals surface area (Å²) in [4.78, 5) is 18.5. The van der Waals surface area contributed by atoms with Crippen LogP contribution in [0.25, 0.3) is 11.0 Å². The Morgan fingerprint density at radius 2 is 1.84 bits per heavy atom. The van der Waals surface area contributed by atoms with Gasteiger partial charge in [0.1, 0.15) is 11.5 Å². The van der Waals surface area contributed by atoms with E-state index in [1.807, 2.05) is 18.4 Å². The number of carboxylic acids is 1. The Hall–Kier alpha value is -1.99. The maximum atomic E-state index is 13.7. The molecule has 31 heavy (non-hydrogen) atoms. The lowest BCUT2D eigenvalue weighted by molar-refractivity contribution is -0.0859. The first kappa shape index (κ1) is 22.2. The van der Waals surface area contributed by atoms with Gasteiger partial charge in [0.25, 0.3) is 0 Å². The minimum atomic E-state index is -1.02. The van der Waals surface area contributed by atoms with Gasteiger partial charge in [-0.2, -0.15) is 0 Å². The van der Waals surface area contributed by atoms with E-state index in [2.05, 4.69) is 9.88 Å². The Balaban J connectivity index is 0.00000112. The maximum absolute atomic E-state index is 13.7. The summed E-state index contributed by atoms with van der Waals surface area (Å²) < 4.78 is 21.6. The molecule has 0 radical (unpaired) electrons. The van der Waals surface area contributed by atoms with Crippen LogP contribution >= 0.6 is 0 Å². The van der Waals surface area contributed by atoms with Gasteiger partial charge in [0.15, 0.2) is 0 Å². The average Bonchev–Trinajstić information content (AvgIpc) is 3.51. The van der Waals surface area contributed by atoms with Gasteiger partial charge in [-0.3, -0.25) is 4.90 Å². The third kappa shape index (κ3) is 4.62. The molecule has 170 valence electrons. The normalized spacial score (nSPS) is 24.5. The van der Waals surface area contributed by atoms with Crippen molar-refractivity contribution in [1.29, 1.82) is 0 Å². The highest BCUT2D eigenvalue weighted by Crippen LogP contribution is 2.35. The molecule has 3 aliphatic rings. The molecule has 7 heteroatoms. The fourth-order valence-corrected chi connectivity index (χ4v) is 5.09. The number of aromatic nitrogens is 2. The predicted octanol–water partition coefficient (Wildman–Crippen LogP) is 4.63. The van der Waals surface area contributed by atoms with Gasteiger partial charge in [-0.05, 0) is 57.4 Å². The molecular weight excluding hydrogens is 397 g/mol. The number of ether oxygens (including phenoxy) is 1. The SMILES string of the molecule is CC.Cc1c(C(=O)O)c2cc(F)cnc2n1CC1CCC(N2CC(OC3CC3)C2)CC1. The van der Waals surface area contributed by atoms with Crippen molar-refractivity contribution in [1.82, 2.24) is 14.5 Å². The van der Waals surface area contributed by atoms with Gasteiger partial charge in [0.05, 0.1) is 24.0 Å². The van der Waals surface area contributed by atoms with Crippen molar-refractivity contribution < 1.29 is 19.0 Å². The van der Waals surface area contributed by atoms with Gasteiger partial charge >= 0.3 is 5.97 Å². The number of aromatic carboxylic acids is 1. The van der Waals surface area contributed by atoms with E-state index in [4.69, 9.17) is 4.74 Å². The molecule has 5 rings (SSSR count). The van der Waals surface area contributed by atoms with Crippen LogP contribution in [0.3, 0.4) is 0 Å². The van der Waals surface area contributed by atoms with Crippen LogP contribution in [-0.4, -0.2) is 56.9 Å². The first-order valence-electron chi connectivity index (χ1n) is 11.8. The summed E-state index contributed by atoms with van der Waals surface area (Å²) in [6.45, 7) is 8.69. The number of fused-ring (bicyclic) bond motifs is 1. The summed E-state index contributed by atoms with van der Waals surface area (Å²) in [6, 6.07) is 1.94. The number of pyridine rings is 1. The molecule has 6 nitrogen and oxygen atoms in total. The quantitative estimate of drug-likeness (QED) is 0.722. The predicted molar refractivity (Wildman–Crippen MR) is 118 cm³/mol. The first-order valence-corrected chi connectivity index (χ1v) is 11.8. The number of carbonyl (C=O) groups is 1. The summed E-state index contributed by atoms with van der Waals surface area (Å²) in [6.07, 6.45) is 9.21. The van der Waals surface area contributed by atoms with Gasteiger partial charge in [-0.25, -0.2) is 14.2 Å². The molecule has 0 unspecified atom stereocenters. The van der Waals surface area contributed by atoms with Crippen molar-refractivity contribution >= 4 is 17.0 Å². The van der Waals surface area contributed by atoms with E-state index in [1.54, 1.807) is 6.92 Å². The Kier molecular flexibility index (Phi) is 6.63. The van der Waals surface area contributed by atoms with Crippen LogP contribution in [-0.2, 0) is 11.3 Å². The lowest BCUT2D eigenvalue weighted by Gasteiger charge is -2.46. The fourth-order valence-electron chi connectivity index (χ4n) is 5.09. The van der Waals surface area contributed by atoms with E-state index in [0.29, 0.717) is 40.9 Å². The van der Waals surface area contributed by atoms with Crippen LogP contribution in [0.4, 0.5) is 4.39 Å². The van der Waals surface area contributed by atoms with E-state index in [-0.39, 0.29) is 5.56 Å². The van der Waals surface area contributed by atoms with E-state index >= 15 is 0 Å². The highest BCUT2D eigenvalue weighted by atomic mass is 19.1. The van der Waals surface area contributed by atoms with Gasteiger partial charge in [-0.1, -0.05) is 13.8 Å².